The van der Waals surface area contributed by atoms with Gasteiger partial charge in [0.05, 0.1) is 17.9 Å². The van der Waals surface area contributed by atoms with Gasteiger partial charge in [0, 0.05) is 7.05 Å². The zero-order valence-corrected chi connectivity index (χ0v) is 18.8. The van der Waals surface area contributed by atoms with Crippen molar-refractivity contribution >= 4 is 16.0 Å². The van der Waals surface area contributed by atoms with Crippen LogP contribution in [0, 0.1) is 11.3 Å². The molecule has 0 saturated carbocycles. The molecule has 0 radical (unpaired) electrons. The fraction of sp³-hybridized carbons (Fsp3) is 0.167. The van der Waals surface area contributed by atoms with Crippen LogP contribution in [0.15, 0.2) is 72.8 Å². The number of benzene rings is 3. The monoisotopic (exact) mass is 462 g/mol. The van der Waals surface area contributed by atoms with E-state index in [0.29, 0.717) is 16.7 Å². The number of nitriles is 1. The molecule has 4 rings (SSSR count). The number of amides is 1. The van der Waals surface area contributed by atoms with Gasteiger partial charge in [0.1, 0.15) is 12.0 Å². The van der Waals surface area contributed by atoms with E-state index in [1.54, 1.807) is 37.4 Å². The molecule has 0 aromatic heterocycles. The van der Waals surface area contributed by atoms with Gasteiger partial charge in [-0.3, -0.25) is 15.8 Å². The molecule has 168 valence electrons. The molecule has 1 saturated heterocycles. The quantitative estimate of drug-likeness (QED) is 0.556. The van der Waals surface area contributed by atoms with Crippen molar-refractivity contribution in [1.29, 1.82) is 5.26 Å². The minimum Gasteiger partial charge on any atom is -0.383 e. The van der Waals surface area contributed by atoms with Crippen LogP contribution in [0.1, 0.15) is 16.7 Å². The van der Waals surface area contributed by atoms with Gasteiger partial charge >= 0.3 is 10.1 Å². The van der Waals surface area contributed by atoms with E-state index < -0.39 is 21.9 Å². The number of hydrogen-bond acceptors (Lipinski definition) is 7. The minimum atomic E-state index is -3.68. The summed E-state index contributed by atoms with van der Waals surface area (Å²) in [6.45, 7) is 0. The van der Waals surface area contributed by atoms with Crippen molar-refractivity contribution in [2.45, 2.75) is 11.8 Å². The first-order valence-corrected chi connectivity index (χ1v) is 11.9. The predicted molar refractivity (Wildman–Crippen MR) is 123 cm³/mol. The summed E-state index contributed by atoms with van der Waals surface area (Å²) in [4.78, 5) is 14.9. The Morgan fingerprint density at radius 1 is 1.03 bits per heavy atom. The smallest absolute Gasteiger partial charge is 0.306 e. The van der Waals surface area contributed by atoms with E-state index in [2.05, 4.69) is 11.4 Å². The fourth-order valence-electron chi connectivity index (χ4n) is 3.99. The maximum Gasteiger partial charge on any atom is 0.306 e. The first-order valence-electron chi connectivity index (χ1n) is 10.1. The highest BCUT2D eigenvalue weighted by molar-refractivity contribution is 7.86. The molecule has 3 aromatic carbocycles. The van der Waals surface area contributed by atoms with Gasteiger partial charge in [-0.1, -0.05) is 42.5 Å². The standard InChI is InChI=1S/C24H22N4O4S/c1-28-22(29)24(27-23(28)26,19-9-11-21(12-10-19)32-33(2,30)31)20-8-4-7-18(14-20)17-6-3-5-16(13-17)15-25/h3-14,23,27H,26H2,1-2H3. The number of nitrogens with two attached hydrogens (primary N) is 1. The number of nitrogens with zero attached hydrogens (tertiary/aromatic N) is 2. The molecule has 0 aliphatic carbocycles. The lowest BCUT2D eigenvalue weighted by Gasteiger charge is -2.29. The van der Waals surface area contributed by atoms with Gasteiger partial charge in [-0.15, -0.1) is 0 Å². The average Bonchev–Trinajstić information content (AvgIpc) is 3.03. The number of carbonyl (C=O) groups excluding carboxylic acids is 1. The summed E-state index contributed by atoms with van der Waals surface area (Å²) in [7, 11) is -2.07. The molecule has 0 bridgehead atoms. The van der Waals surface area contributed by atoms with E-state index in [-0.39, 0.29) is 11.7 Å². The normalized spacial score (nSPS) is 20.5. The van der Waals surface area contributed by atoms with Crippen molar-refractivity contribution in [3.63, 3.8) is 0 Å². The van der Waals surface area contributed by atoms with E-state index in [0.717, 1.165) is 17.4 Å². The lowest BCUT2D eigenvalue weighted by molar-refractivity contribution is -0.131. The lowest BCUT2D eigenvalue weighted by Crippen LogP contribution is -2.48. The van der Waals surface area contributed by atoms with Gasteiger partial charge < -0.3 is 9.08 Å². The topological polar surface area (TPSA) is 126 Å². The first kappa shape index (κ1) is 22.5. The second kappa shape index (κ2) is 8.33. The van der Waals surface area contributed by atoms with Crippen molar-refractivity contribution in [3.8, 4) is 22.9 Å². The highest BCUT2D eigenvalue weighted by Gasteiger charge is 2.51. The number of likely N-dealkylation sites (N-methyl/N-ethyl adjacent to an activating group) is 1. The Bertz CT molecular complexity index is 1370. The summed E-state index contributed by atoms with van der Waals surface area (Å²) in [5.41, 5.74) is 8.32. The van der Waals surface area contributed by atoms with E-state index in [1.807, 2.05) is 30.3 Å². The third kappa shape index (κ3) is 4.19. The predicted octanol–water partition coefficient (Wildman–Crippen LogP) is 2.11. The maximum atomic E-state index is 13.5. The molecule has 1 fully saturated rings. The number of hydrogen-bond donors (Lipinski definition) is 2. The maximum absolute atomic E-state index is 13.5. The number of carbonyl (C=O) groups is 1. The molecule has 0 spiro atoms. The zero-order valence-electron chi connectivity index (χ0n) is 18.0. The highest BCUT2D eigenvalue weighted by Crippen LogP contribution is 2.38. The van der Waals surface area contributed by atoms with E-state index >= 15 is 0 Å². The van der Waals surface area contributed by atoms with Crippen LogP contribution in [0.5, 0.6) is 5.75 Å². The summed E-state index contributed by atoms with van der Waals surface area (Å²) in [5, 5.41) is 12.5. The second-order valence-corrected chi connectivity index (χ2v) is 9.42. The molecule has 1 heterocycles. The van der Waals surface area contributed by atoms with Crippen LogP contribution in [-0.4, -0.2) is 38.8 Å². The third-order valence-corrected chi connectivity index (χ3v) is 6.07. The van der Waals surface area contributed by atoms with E-state index in [9.17, 15) is 18.5 Å². The SMILES string of the molecule is CN1C(=O)C(c2ccc(OS(C)(=O)=O)cc2)(c2cccc(-c3cccc(C#N)c3)c2)NC1N. The Balaban J connectivity index is 1.84. The minimum absolute atomic E-state index is 0.140. The Labute approximate surface area is 192 Å². The van der Waals surface area contributed by atoms with Crippen LogP contribution in [-0.2, 0) is 20.5 Å². The number of rotatable bonds is 5. The van der Waals surface area contributed by atoms with Gasteiger partial charge in [-0.05, 0) is 52.6 Å². The van der Waals surface area contributed by atoms with E-state index in [1.165, 1.54) is 17.0 Å². The van der Waals surface area contributed by atoms with Crippen molar-refractivity contribution in [2.75, 3.05) is 13.3 Å². The zero-order chi connectivity index (χ0) is 23.8. The molecule has 2 atom stereocenters. The summed E-state index contributed by atoms with van der Waals surface area (Å²) in [6, 6.07) is 23.1. The summed E-state index contributed by atoms with van der Waals surface area (Å²) < 4.78 is 27.8. The van der Waals surface area contributed by atoms with Crippen molar-refractivity contribution in [2.24, 2.45) is 5.73 Å². The van der Waals surface area contributed by atoms with Crippen molar-refractivity contribution in [3.05, 3.63) is 89.5 Å². The van der Waals surface area contributed by atoms with Crippen LogP contribution >= 0.6 is 0 Å². The van der Waals surface area contributed by atoms with Crippen molar-refractivity contribution in [1.82, 2.24) is 10.2 Å². The molecular weight excluding hydrogens is 440 g/mol. The molecule has 1 aliphatic rings. The average molecular weight is 463 g/mol. The van der Waals surface area contributed by atoms with E-state index in [4.69, 9.17) is 9.92 Å². The third-order valence-electron chi connectivity index (χ3n) is 5.58. The van der Waals surface area contributed by atoms with Crippen LogP contribution in [0.4, 0.5) is 0 Å². The number of nitrogens with one attached hydrogen (secondary N) is 1. The van der Waals surface area contributed by atoms with Gasteiger partial charge in [0.25, 0.3) is 5.91 Å². The van der Waals surface area contributed by atoms with Crippen LogP contribution in [0.2, 0.25) is 0 Å². The molecule has 2 unspecified atom stereocenters. The molecule has 1 aliphatic heterocycles. The van der Waals surface area contributed by atoms with Gasteiger partial charge in [-0.25, -0.2) is 0 Å². The molecule has 8 nitrogen and oxygen atoms in total. The van der Waals surface area contributed by atoms with Gasteiger partial charge in [0.2, 0.25) is 0 Å². The first-order chi connectivity index (χ1) is 15.6. The highest BCUT2D eigenvalue weighted by atomic mass is 32.2. The van der Waals surface area contributed by atoms with Crippen LogP contribution in [0.25, 0.3) is 11.1 Å². The molecule has 3 N–H and O–H groups in total. The molecular formula is C24H22N4O4S. The Morgan fingerprint density at radius 3 is 2.24 bits per heavy atom. The lowest BCUT2D eigenvalue weighted by atomic mass is 9.81. The van der Waals surface area contributed by atoms with Crippen LogP contribution < -0.4 is 15.2 Å². The Hall–Kier alpha value is -3.71. The molecule has 1 amide bonds. The molecule has 33 heavy (non-hydrogen) atoms. The summed E-state index contributed by atoms with van der Waals surface area (Å²) >= 11 is 0. The van der Waals surface area contributed by atoms with Crippen molar-refractivity contribution < 1.29 is 17.4 Å². The second-order valence-electron chi connectivity index (χ2n) is 7.84. The van der Waals surface area contributed by atoms with Gasteiger partial charge in [0.15, 0.2) is 5.54 Å². The molecule has 9 heteroatoms. The summed E-state index contributed by atoms with van der Waals surface area (Å²) in [6.07, 6.45) is 0.237. The van der Waals surface area contributed by atoms with Crippen LogP contribution in [0.3, 0.4) is 0 Å². The Kier molecular flexibility index (Phi) is 5.68. The fourth-order valence-corrected chi connectivity index (χ4v) is 4.45. The largest absolute Gasteiger partial charge is 0.383 e. The Morgan fingerprint density at radius 2 is 1.67 bits per heavy atom. The summed E-state index contributed by atoms with van der Waals surface area (Å²) in [5.74, 6) is -0.115. The molecule has 3 aromatic rings. The van der Waals surface area contributed by atoms with Gasteiger partial charge in [-0.2, -0.15) is 13.7 Å².